The Kier molecular flexibility index (Phi) is 3.48. The van der Waals surface area contributed by atoms with E-state index < -0.39 is 0 Å². The quantitative estimate of drug-likeness (QED) is 0.788. The molecule has 1 aromatic heterocycles. The molecule has 0 radical (unpaired) electrons. The molecule has 0 aliphatic rings. The van der Waals surface area contributed by atoms with E-state index in [-0.39, 0.29) is 11.9 Å². The molecule has 4 heteroatoms. The van der Waals surface area contributed by atoms with Crippen LogP contribution >= 0.6 is 0 Å². The SMILES string of the molecule is CNC(Cn1ncc2ccccc21)c1ccccc1F. The number of benzene rings is 2. The smallest absolute Gasteiger partial charge is 0.128 e. The molecule has 3 aromatic rings. The minimum absolute atomic E-state index is 0.112. The minimum atomic E-state index is -0.191. The second-order valence-corrected chi connectivity index (χ2v) is 4.75. The summed E-state index contributed by atoms with van der Waals surface area (Å²) in [7, 11) is 1.84. The fourth-order valence-electron chi connectivity index (χ4n) is 2.45. The van der Waals surface area contributed by atoms with Gasteiger partial charge < -0.3 is 5.32 Å². The van der Waals surface area contributed by atoms with E-state index in [2.05, 4.69) is 10.4 Å². The van der Waals surface area contributed by atoms with Crippen molar-refractivity contribution >= 4 is 10.9 Å². The molecule has 1 atom stereocenters. The van der Waals surface area contributed by atoms with Crippen molar-refractivity contribution < 1.29 is 4.39 Å². The van der Waals surface area contributed by atoms with Crippen molar-refractivity contribution in [1.29, 1.82) is 0 Å². The molecule has 0 saturated carbocycles. The Balaban J connectivity index is 1.94. The molecule has 2 aromatic carbocycles. The summed E-state index contributed by atoms with van der Waals surface area (Å²) in [6.07, 6.45) is 1.84. The van der Waals surface area contributed by atoms with Crippen LogP contribution in [-0.2, 0) is 6.54 Å². The molecule has 1 unspecified atom stereocenters. The van der Waals surface area contributed by atoms with Crippen LogP contribution in [0.25, 0.3) is 10.9 Å². The lowest BCUT2D eigenvalue weighted by atomic mass is 10.1. The van der Waals surface area contributed by atoms with Crippen LogP contribution < -0.4 is 5.32 Å². The highest BCUT2D eigenvalue weighted by Gasteiger charge is 2.15. The van der Waals surface area contributed by atoms with Gasteiger partial charge in [0.05, 0.1) is 24.3 Å². The largest absolute Gasteiger partial charge is 0.311 e. The van der Waals surface area contributed by atoms with Gasteiger partial charge in [0.15, 0.2) is 0 Å². The molecule has 0 fully saturated rings. The molecule has 0 saturated heterocycles. The van der Waals surface area contributed by atoms with Crippen LogP contribution in [0.5, 0.6) is 0 Å². The van der Waals surface area contributed by atoms with Gasteiger partial charge in [-0.15, -0.1) is 0 Å². The van der Waals surface area contributed by atoms with E-state index in [1.54, 1.807) is 6.07 Å². The van der Waals surface area contributed by atoms with Gasteiger partial charge in [-0.25, -0.2) is 4.39 Å². The molecule has 0 amide bonds. The van der Waals surface area contributed by atoms with Crippen LogP contribution in [-0.4, -0.2) is 16.8 Å². The van der Waals surface area contributed by atoms with Crippen molar-refractivity contribution in [1.82, 2.24) is 15.1 Å². The van der Waals surface area contributed by atoms with E-state index in [0.29, 0.717) is 12.1 Å². The molecule has 20 heavy (non-hydrogen) atoms. The lowest BCUT2D eigenvalue weighted by molar-refractivity contribution is 0.457. The van der Waals surface area contributed by atoms with Crippen LogP contribution in [0.1, 0.15) is 11.6 Å². The van der Waals surface area contributed by atoms with Gasteiger partial charge in [-0.05, 0) is 19.2 Å². The summed E-state index contributed by atoms with van der Waals surface area (Å²) in [4.78, 5) is 0. The van der Waals surface area contributed by atoms with E-state index in [1.807, 2.05) is 54.3 Å². The van der Waals surface area contributed by atoms with Crippen molar-refractivity contribution in [3.05, 3.63) is 66.1 Å². The first-order valence-electron chi connectivity index (χ1n) is 6.62. The third kappa shape index (κ3) is 2.30. The lowest BCUT2D eigenvalue weighted by Gasteiger charge is -2.18. The Hall–Kier alpha value is -2.20. The van der Waals surface area contributed by atoms with Crippen LogP contribution in [0.15, 0.2) is 54.7 Å². The topological polar surface area (TPSA) is 29.9 Å². The van der Waals surface area contributed by atoms with E-state index >= 15 is 0 Å². The predicted molar refractivity (Wildman–Crippen MR) is 77.9 cm³/mol. The maximum Gasteiger partial charge on any atom is 0.128 e. The second-order valence-electron chi connectivity index (χ2n) is 4.75. The average Bonchev–Trinajstić information content (AvgIpc) is 2.89. The van der Waals surface area contributed by atoms with Gasteiger partial charge in [0, 0.05) is 10.9 Å². The van der Waals surface area contributed by atoms with Gasteiger partial charge in [-0.2, -0.15) is 5.10 Å². The highest BCUT2D eigenvalue weighted by molar-refractivity contribution is 5.78. The summed E-state index contributed by atoms with van der Waals surface area (Å²) in [5.41, 5.74) is 1.72. The molecule has 1 heterocycles. The number of nitrogens with one attached hydrogen (secondary N) is 1. The molecular formula is C16H16FN3. The normalized spacial score (nSPS) is 12.7. The number of likely N-dealkylation sites (N-methyl/N-ethyl adjacent to an activating group) is 1. The number of hydrogen-bond acceptors (Lipinski definition) is 2. The van der Waals surface area contributed by atoms with Crippen molar-refractivity contribution in [3.63, 3.8) is 0 Å². The minimum Gasteiger partial charge on any atom is -0.311 e. The van der Waals surface area contributed by atoms with Crippen molar-refractivity contribution in [2.75, 3.05) is 7.05 Å². The standard InChI is InChI=1S/C16H16FN3/c1-18-15(13-7-3-4-8-14(13)17)11-20-16-9-5-2-6-12(16)10-19-20/h2-10,15,18H,11H2,1H3. The molecular weight excluding hydrogens is 253 g/mol. The van der Waals surface area contributed by atoms with Crippen LogP contribution in [0, 0.1) is 5.82 Å². The third-order valence-corrected chi connectivity index (χ3v) is 3.54. The van der Waals surface area contributed by atoms with Gasteiger partial charge in [0.1, 0.15) is 5.82 Å². The van der Waals surface area contributed by atoms with Gasteiger partial charge in [0.2, 0.25) is 0 Å². The molecule has 1 N–H and O–H groups in total. The van der Waals surface area contributed by atoms with Crippen LogP contribution in [0.2, 0.25) is 0 Å². The number of aromatic nitrogens is 2. The lowest BCUT2D eigenvalue weighted by Crippen LogP contribution is -2.23. The van der Waals surface area contributed by atoms with Crippen molar-refractivity contribution in [2.24, 2.45) is 0 Å². The fourth-order valence-corrected chi connectivity index (χ4v) is 2.45. The first-order chi connectivity index (χ1) is 9.79. The molecule has 0 bridgehead atoms. The first-order valence-corrected chi connectivity index (χ1v) is 6.62. The highest BCUT2D eigenvalue weighted by Crippen LogP contribution is 2.20. The zero-order valence-electron chi connectivity index (χ0n) is 11.3. The fraction of sp³-hybridized carbons (Fsp3) is 0.188. The van der Waals surface area contributed by atoms with Crippen molar-refractivity contribution in [3.8, 4) is 0 Å². The zero-order valence-corrected chi connectivity index (χ0v) is 11.3. The summed E-state index contributed by atoms with van der Waals surface area (Å²) < 4.78 is 15.8. The number of para-hydroxylation sites is 1. The predicted octanol–water partition coefficient (Wildman–Crippen LogP) is 3.14. The summed E-state index contributed by atoms with van der Waals surface area (Å²) >= 11 is 0. The van der Waals surface area contributed by atoms with Gasteiger partial charge in [-0.1, -0.05) is 36.4 Å². The van der Waals surface area contributed by atoms with E-state index in [9.17, 15) is 4.39 Å². The Labute approximate surface area is 117 Å². The number of fused-ring (bicyclic) bond motifs is 1. The number of halogens is 1. The van der Waals surface area contributed by atoms with Crippen LogP contribution in [0.4, 0.5) is 4.39 Å². The van der Waals surface area contributed by atoms with Gasteiger partial charge >= 0.3 is 0 Å². The summed E-state index contributed by atoms with van der Waals surface area (Å²) in [6.45, 7) is 0.588. The summed E-state index contributed by atoms with van der Waals surface area (Å²) in [5.74, 6) is -0.191. The molecule has 3 nitrogen and oxygen atoms in total. The summed E-state index contributed by atoms with van der Waals surface area (Å²) in [5, 5.41) is 8.65. The molecule has 3 rings (SSSR count). The first kappa shape index (κ1) is 12.8. The Morgan fingerprint density at radius 2 is 1.90 bits per heavy atom. The van der Waals surface area contributed by atoms with Gasteiger partial charge in [-0.3, -0.25) is 4.68 Å². The third-order valence-electron chi connectivity index (χ3n) is 3.54. The molecule has 102 valence electrons. The Morgan fingerprint density at radius 1 is 1.15 bits per heavy atom. The Morgan fingerprint density at radius 3 is 2.70 bits per heavy atom. The van der Waals surface area contributed by atoms with E-state index in [1.165, 1.54) is 6.07 Å². The maximum absolute atomic E-state index is 13.9. The van der Waals surface area contributed by atoms with Crippen molar-refractivity contribution in [2.45, 2.75) is 12.6 Å². The molecule has 0 aliphatic heterocycles. The second kappa shape index (κ2) is 5.43. The average molecular weight is 269 g/mol. The van der Waals surface area contributed by atoms with E-state index in [4.69, 9.17) is 0 Å². The summed E-state index contributed by atoms with van der Waals surface area (Å²) in [6, 6.07) is 14.8. The number of rotatable bonds is 4. The number of nitrogens with zero attached hydrogens (tertiary/aromatic N) is 2. The number of hydrogen-bond donors (Lipinski definition) is 1. The van der Waals surface area contributed by atoms with Gasteiger partial charge in [0.25, 0.3) is 0 Å². The monoisotopic (exact) mass is 269 g/mol. The van der Waals surface area contributed by atoms with E-state index in [0.717, 1.165) is 10.9 Å². The van der Waals surface area contributed by atoms with Crippen LogP contribution in [0.3, 0.4) is 0 Å². The Bertz CT molecular complexity index is 720. The highest BCUT2D eigenvalue weighted by atomic mass is 19.1. The molecule has 0 spiro atoms. The zero-order chi connectivity index (χ0) is 13.9. The molecule has 0 aliphatic carbocycles. The maximum atomic E-state index is 13.9.